The molecule has 1 fully saturated rings. The summed E-state index contributed by atoms with van der Waals surface area (Å²) in [5.41, 5.74) is 2.97. The molecule has 0 saturated heterocycles. The van der Waals surface area contributed by atoms with Gasteiger partial charge in [-0.3, -0.25) is 10.4 Å². The highest BCUT2D eigenvalue weighted by molar-refractivity contribution is 5.79. The zero-order valence-electron chi connectivity index (χ0n) is 8.97. The van der Waals surface area contributed by atoms with Crippen molar-refractivity contribution in [2.45, 2.75) is 19.8 Å². The third-order valence-corrected chi connectivity index (χ3v) is 2.46. The number of rotatable bonds is 5. The summed E-state index contributed by atoms with van der Waals surface area (Å²) in [6.07, 6.45) is 2.54. The van der Waals surface area contributed by atoms with E-state index in [1.54, 1.807) is 7.11 Å². The summed E-state index contributed by atoms with van der Waals surface area (Å²) in [6.45, 7) is 4.44. The van der Waals surface area contributed by atoms with Crippen LogP contribution in [0.5, 0.6) is 0 Å². The maximum atomic E-state index is 5.32. The monoisotopic (exact) mass is 200 g/mol. The van der Waals surface area contributed by atoms with Crippen LogP contribution >= 0.6 is 0 Å². The van der Waals surface area contributed by atoms with E-state index in [9.17, 15) is 0 Å². The highest BCUT2D eigenvalue weighted by atomic mass is 16.5. The zero-order valence-corrected chi connectivity index (χ0v) is 8.97. The molecule has 0 aromatic carbocycles. The average Bonchev–Trinajstić information content (AvgIpc) is 2.90. The van der Waals surface area contributed by atoms with Crippen LogP contribution in [0.1, 0.15) is 19.8 Å². The highest BCUT2D eigenvalue weighted by Crippen LogP contribution is 2.44. The van der Waals surface area contributed by atoms with E-state index in [0.29, 0.717) is 18.0 Å². The molecule has 82 valence electrons. The summed E-state index contributed by atoms with van der Waals surface area (Å²) in [4.78, 5) is 4.36. The maximum absolute atomic E-state index is 5.32. The lowest BCUT2D eigenvalue weighted by Crippen LogP contribution is -2.43. The van der Waals surface area contributed by atoms with Crippen molar-refractivity contribution in [2.75, 3.05) is 26.8 Å². The molecule has 14 heavy (non-hydrogen) atoms. The van der Waals surface area contributed by atoms with Gasteiger partial charge in [0, 0.05) is 20.2 Å². The molecule has 5 heteroatoms. The van der Waals surface area contributed by atoms with Gasteiger partial charge in [0.05, 0.1) is 6.61 Å². The van der Waals surface area contributed by atoms with E-state index in [0.717, 1.165) is 13.1 Å². The minimum atomic E-state index is 0.422. The van der Waals surface area contributed by atoms with E-state index < -0.39 is 0 Å². The molecule has 0 aromatic rings. The van der Waals surface area contributed by atoms with Gasteiger partial charge in [0.2, 0.25) is 5.96 Å². The van der Waals surface area contributed by atoms with Gasteiger partial charge in [0.1, 0.15) is 0 Å². The van der Waals surface area contributed by atoms with E-state index in [1.807, 2.05) is 0 Å². The molecule has 0 atom stereocenters. The lowest BCUT2D eigenvalue weighted by atomic mass is 10.1. The van der Waals surface area contributed by atoms with Gasteiger partial charge >= 0.3 is 0 Å². The summed E-state index contributed by atoms with van der Waals surface area (Å²) in [6, 6.07) is 0. The lowest BCUT2D eigenvalue weighted by Gasteiger charge is -2.10. The molecule has 0 aliphatic heterocycles. The number of nitrogens with one attached hydrogen (secondary N) is 2. The van der Waals surface area contributed by atoms with Crippen LogP contribution in [0.3, 0.4) is 0 Å². The fraction of sp³-hybridized carbons (Fsp3) is 0.889. The number of hydrogen-bond donors (Lipinski definition) is 3. The molecule has 0 heterocycles. The molecule has 0 aromatic heterocycles. The second-order valence-electron chi connectivity index (χ2n) is 4.04. The molecule has 1 aliphatic carbocycles. The third kappa shape index (κ3) is 3.93. The van der Waals surface area contributed by atoms with Gasteiger partial charge in [-0.15, -0.1) is 0 Å². The largest absolute Gasteiger partial charge is 0.383 e. The van der Waals surface area contributed by atoms with Gasteiger partial charge in [-0.25, -0.2) is 5.84 Å². The number of methoxy groups -OCH3 is 1. The number of guanidine groups is 1. The molecule has 4 N–H and O–H groups in total. The Morgan fingerprint density at radius 1 is 1.57 bits per heavy atom. The topological polar surface area (TPSA) is 71.7 Å². The van der Waals surface area contributed by atoms with Crippen molar-refractivity contribution in [2.24, 2.45) is 16.3 Å². The van der Waals surface area contributed by atoms with Gasteiger partial charge < -0.3 is 10.1 Å². The molecule has 0 spiro atoms. The van der Waals surface area contributed by atoms with Gasteiger partial charge in [-0.1, -0.05) is 6.92 Å². The van der Waals surface area contributed by atoms with Crippen molar-refractivity contribution in [3.63, 3.8) is 0 Å². The van der Waals surface area contributed by atoms with Crippen LogP contribution in [-0.4, -0.2) is 32.8 Å². The molecule has 5 nitrogen and oxygen atoms in total. The van der Waals surface area contributed by atoms with E-state index in [-0.39, 0.29) is 0 Å². The Kier molecular flexibility index (Phi) is 4.16. The molecular formula is C9H20N4O. The summed E-state index contributed by atoms with van der Waals surface area (Å²) >= 11 is 0. The highest BCUT2D eigenvalue weighted by Gasteiger charge is 2.36. The summed E-state index contributed by atoms with van der Waals surface area (Å²) in [5, 5.41) is 3.06. The minimum Gasteiger partial charge on any atom is -0.383 e. The molecule has 0 amide bonds. The van der Waals surface area contributed by atoms with Gasteiger partial charge in [-0.05, 0) is 18.3 Å². The molecule has 0 unspecified atom stereocenters. The third-order valence-electron chi connectivity index (χ3n) is 2.46. The molecule has 0 bridgehead atoms. The Labute approximate surface area is 85.1 Å². The first-order valence-corrected chi connectivity index (χ1v) is 4.94. The normalized spacial score (nSPS) is 19.2. The Morgan fingerprint density at radius 2 is 2.29 bits per heavy atom. The minimum absolute atomic E-state index is 0.422. The Bertz CT molecular complexity index is 201. The Hall–Kier alpha value is -0.810. The number of nitrogens with zero attached hydrogens (tertiary/aromatic N) is 1. The summed E-state index contributed by atoms with van der Waals surface area (Å²) in [7, 11) is 1.67. The smallest absolute Gasteiger partial charge is 0.205 e. The lowest BCUT2D eigenvalue weighted by molar-refractivity contribution is 0.203. The molecule has 1 saturated carbocycles. The fourth-order valence-electron chi connectivity index (χ4n) is 1.07. The van der Waals surface area contributed by atoms with Crippen molar-refractivity contribution in [3.05, 3.63) is 0 Å². The summed E-state index contributed by atoms with van der Waals surface area (Å²) < 4.78 is 4.91. The first-order valence-electron chi connectivity index (χ1n) is 4.94. The second-order valence-corrected chi connectivity index (χ2v) is 4.04. The van der Waals surface area contributed by atoms with E-state index >= 15 is 0 Å². The van der Waals surface area contributed by atoms with Crippen molar-refractivity contribution >= 4 is 5.96 Å². The first-order chi connectivity index (χ1) is 6.70. The van der Waals surface area contributed by atoms with Gasteiger partial charge in [0.15, 0.2) is 0 Å². The number of nitrogens with two attached hydrogens (primary N) is 1. The number of hydrazine groups is 1. The molecule has 1 rings (SSSR count). The van der Waals surface area contributed by atoms with Crippen LogP contribution in [0.4, 0.5) is 0 Å². The summed E-state index contributed by atoms with van der Waals surface area (Å²) in [5.74, 6) is 5.97. The van der Waals surface area contributed by atoms with Crippen LogP contribution in [0, 0.1) is 5.41 Å². The van der Waals surface area contributed by atoms with Crippen LogP contribution in [0.25, 0.3) is 0 Å². The second kappa shape index (κ2) is 5.17. The van der Waals surface area contributed by atoms with Crippen molar-refractivity contribution < 1.29 is 4.74 Å². The Balaban J connectivity index is 2.21. The van der Waals surface area contributed by atoms with Crippen molar-refractivity contribution in [3.8, 4) is 0 Å². The van der Waals surface area contributed by atoms with Gasteiger partial charge in [0.25, 0.3) is 0 Å². The Morgan fingerprint density at radius 3 is 2.79 bits per heavy atom. The van der Waals surface area contributed by atoms with E-state index in [2.05, 4.69) is 22.7 Å². The molecular weight excluding hydrogens is 180 g/mol. The predicted molar refractivity (Wildman–Crippen MR) is 56.8 cm³/mol. The molecule has 0 radical (unpaired) electrons. The number of ether oxygens (including phenoxy) is 1. The van der Waals surface area contributed by atoms with Crippen LogP contribution in [0.2, 0.25) is 0 Å². The zero-order chi connectivity index (χ0) is 10.4. The van der Waals surface area contributed by atoms with Crippen molar-refractivity contribution in [1.29, 1.82) is 0 Å². The van der Waals surface area contributed by atoms with Crippen LogP contribution in [0.15, 0.2) is 4.99 Å². The standard InChI is InChI=1S/C9H20N4O/c1-9(3-4-9)7-12-8(13-10)11-5-6-14-2/h3-7,10H2,1-2H3,(H2,11,12,13). The number of aliphatic imine (C=N–C) groups is 1. The van der Waals surface area contributed by atoms with E-state index in [4.69, 9.17) is 10.6 Å². The first kappa shape index (κ1) is 11.3. The quantitative estimate of drug-likeness (QED) is 0.190. The van der Waals surface area contributed by atoms with Crippen molar-refractivity contribution in [1.82, 2.24) is 10.7 Å². The van der Waals surface area contributed by atoms with Gasteiger partial charge in [-0.2, -0.15) is 0 Å². The van der Waals surface area contributed by atoms with Crippen LogP contribution < -0.4 is 16.6 Å². The average molecular weight is 200 g/mol. The van der Waals surface area contributed by atoms with E-state index in [1.165, 1.54) is 12.8 Å². The fourth-order valence-corrected chi connectivity index (χ4v) is 1.07. The maximum Gasteiger partial charge on any atom is 0.205 e. The SMILES string of the molecule is COCCNC(=NCC1(C)CC1)NN. The van der Waals surface area contributed by atoms with Crippen LogP contribution in [-0.2, 0) is 4.74 Å². The molecule has 1 aliphatic rings. The number of hydrogen-bond acceptors (Lipinski definition) is 3. The predicted octanol–water partition coefficient (Wildman–Crippen LogP) is -0.158.